The van der Waals surface area contributed by atoms with Crippen LogP contribution in [0.1, 0.15) is 27.8 Å². The van der Waals surface area contributed by atoms with E-state index in [9.17, 15) is 4.79 Å². The smallest absolute Gasteiger partial charge is 0.309 e. The van der Waals surface area contributed by atoms with Crippen LogP contribution in [0.15, 0.2) is 121 Å². The van der Waals surface area contributed by atoms with Crippen molar-refractivity contribution in [1.29, 1.82) is 0 Å². The maximum absolute atomic E-state index is 13.1. The van der Waals surface area contributed by atoms with Crippen molar-refractivity contribution < 1.29 is 33.2 Å². The molecule has 0 saturated carbocycles. The van der Waals surface area contributed by atoms with Crippen LogP contribution in [0, 0.1) is 11.8 Å². The fourth-order valence-electron chi connectivity index (χ4n) is 5.92. The summed E-state index contributed by atoms with van der Waals surface area (Å²) in [5.41, 5.74) is 5.08. The van der Waals surface area contributed by atoms with Gasteiger partial charge in [0.15, 0.2) is 23.0 Å². The number of hydrogen-bond donors (Lipinski definition) is 0. The van der Waals surface area contributed by atoms with Gasteiger partial charge in [0.1, 0.15) is 19.8 Å². The van der Waals surface area contributed by atoms with Crippen molar-refractivity contribution in [2.24, 2.45) is 11.8 Å². The molecule has 5 aromatic rings. The zero-order chi connectivity index (χ0) is 33.1. The van der Waals surface area contributed by atoms with Crippen LogP contribution in [-0.4, -0.2) is 26.8 Å². The molecular formula is C41H40O7. The Kier molecular flexibility index (Phi) is 10.8. The molecule has 2 atom stereocenters. The van der Waals surface area contributed by atoms with Gasteiger partial charge in [-0.15, -0.1) is 0 Å². The standard InChI is InChI=1S/C41H40O7/c1-43-37-22-32(18-19-36(37)45-25-29-12-6-3-7-13-29)20-34-28-48-41(42)35(34)21-33-23-38(44-2)40(47-27-31-16-10-5-11-17-31)39(24-33)46-26-30-14-8-4-9-15-30/h3-19,22-24,34-35H,20-21,25-28H2,1-2H3. The van der Waals surface area contributed by atoms with Gasteiger partial charge in [0, 0.05) is 5.92 Å². The Morgan fingerprint density at radius 3 is 1.65 bits per heavy atom. The number of esters is 1. The van der Waals surface area contributed by atoms with E-state index in [1.165, 1.54) is 0 Å². The lowest BCUT2D eigenvalue weighted by molar-refractivity contribution is -0.141. The van der Waals surface area contributed by atoms with Crippen molar-refractivity contribution in [2.75, 3.05) is 20.8 Å². The van der Waals surface area contributed by atoms with Crippen LogP contribution in [0.5, 0.6) is 28.7 Å². The van der Waals surface area contributed by atoms with Crippen LogP contribution in [0.3, 0.4) is 0 Å². The van der Waals surface area contributed by atoms with Crippen LogP contribution in [0.2, 0.25) is 0 Å². The topological polar surface area (TPSA) is 72.5 Å². The molecule has 1 heterocycles. The van der Waals surface area contributed by atoms with Gasteiger partial charge in [0.05, 0.1) is 26.7 Å². The van der Waals surface area contributed by atoms with Crippen molar-refractivity contribution in [3.63, 3.8) is 0 Å². The molecule has 1 aliphatic rings. The number of hydrogen-bond acceptors (Lipinski definition) is 7. The number of ether oxygens (including phenoxy) is 6. The van der Waals surface area contributed by atoms with Crippen LogP contribution >= 0.6 is 0 Å². The summed E-state index contributed by atoms with van der Waals surface area (Å²) >= 11 is 0. The summed E-state index contributed by atoms with van der Waals surface area (Å²) in [6, 6.07) is 39.8. The van der Waals surface area contributed by atoms with Gasteiger partial charge >= 0.3 is 5.97 Å². The molecule has 1 saturated heterocycles. The minimum atomic E-state index is -0.340. The van der Waals surface area contributed by atoms with Gasteiger partial charge in [0.25, 0.3) is 0 Å². The van der Waals surface area contributed by atoms with Gasteiger partial charge in [-0.1, -0.05) is 97.1 Å². The third-order valence-electron chi connectivity index (χ3n) is 8.49. The van der Waals surface area contributed by atoms with Crippen LogP contribution in [0.4, 0.5) is 0 Å². The molecule has 0 amide bonds. The summed E-state index contributed by atoms with van der Waals surface area (Å²) in [4.78, 5) is 13.1. The number of cyclic esters (lactones) is 1. The first-order valence-corrected chi connectivity index (χ1v) is 16.1. The average molecular weight is 645 g/mol. The SMILES string of the molecule is COc1cc(CC2COC(=O)C2Cc2cc(OC)c(OCc3ccccc3)c(OCc3ccccc3)c2)ccc1OCc1ccccc1. The number of benzene rings is 5. The molecule has 0 N–H and O–H groups in total. The highest BCUT2D eigenvalue weighted by atomic mass is 16.5. The van der Waals surface area contributed by atoms with E-state index >= 15 is 0 Å². The molecule has 7 heteroatoms. The van der Waals surface area contributed by atoms with Gasteiger partial charge in [-0.25, -0.2) is 0 Å². The van der Waals surface area contributed by atoms with Crippen molar-refractivity contribution in [1.82, 2.24) is 0 Å². The minimum absolute atomic E-state index is 0.0213. The summed E-state index contributed by atoms with van der Waals surface area (Å²) in [6.45, 7) is 1.51. The molecule has 0 aliphatic carbocycles. The summed E-state index contributed by atoms with van der Waals surface area (Å²) in [5.74, 6) is 2.39. The maximum atomic E-state index is 13.1. The first-order chi connectivity index (χ1) is 23.6. The second kappa shape index (κ2) is 15.9. The van der Waals surface area contributed by atoms with E-state index < -0.39 is 0 Å². The third-order valence-corrected chi connectivity index (χ3v) is 8.49. The van der Waals surface area contributed by atoms with Crippen LogP contribution < -0.4 is 23.7 Å². The number of carbonyl (C=O) groups is 1. The Morgan fingerprint density at radius 1 is 0.542 bits per heavy atom. The van der Waals surface area contributed by atoms with E-state index in [1.54, 1.807) is 14.2 Å². The summed E-state index contributed by atoms with van der Waals surface area (Å²) in [7, 11) is 3.25. The predicted octanol–water partition coefficient (Wildman–Crippen LogP) is 8.02. The van der Waals surface area contributed by atoms with Gasteiger partial charge in [-0.05, 0) is 64.9 Å². The van der Waals surface area contributed by atoms with Gasteiger partial charge in [-0.2, -0.15) is 0 Å². The quantitative estimate of drug-likeness (QED) is 0.107. The lowest BCUT2D eigenvalue weighted by Gasteiger charge is -2.20. The molecule has 0 aromatic heterocycles. The highest BCUT2D eigenvalue weighted by Crippen LogP contribution is 2.41. The Balaban J connectivity index is 1.20. The minimum Gasteiger partial charge on any atom is -0.493 e. The zero-order valence-electron chi connectivity index (χ0n) is 27.3. The van der Waals surface area contributed by atoms with Crippen molar-refractivity contribution in [3.8, 4) is 28.7 Å². The summed E-state index contributed by atoms with van der Waals surface area (Å²) in [6.07, 6.45) is 1.12. The van der Waals surface area contributed by atoms with E-state index in [0.29, 0.717) is 68.0 Å². The Labute approximate surface area is 282 Å². The largest absolute Gasteiger partial charge is 0.493 e. The molecular weight excluding hydrogens is 604 g/mol. The molecule has 1 fully saturated rings. The summed E-state index contributed by atoms with van der Waals surface area (Å²) < 4.78 is 35.8. The first-order valence-electron chi connectivity index (χ1n) is 16.1. The van der Waals surface area contributed by atoms with Crippen molar-refractivity contribution in [3.05, 3.63) is 149 Å². The van der Waals surface area contributed by atoms with E-state index in [2.05, 4.69) is 0 Å². The van der Waals surface area contributed by atoms with E-state index in [0.717, 1.165) is 27.8 Å². The highest BCUT2D eigenvalue weighted by molar-refractivity contribution is 5.75. The highest BCUT2D eigenvalue weighted by Gasteiger charge is 2.37. The lowest BCUT2D eigenvalue weighted by atomic mass is 9.85. The molecule has 246 valence electrons. The average Bonchev–Trinajstić information content (AvgIpc) is 3.47. The van der Waals surface area contributed by atoms with Crippen LogP contribution in [-0.2, 0) is 42.2 Å². The van der Waals surface area contributed by atoms with Crippen molar-refractivity contribution >= 4 is 5.97 Å². The molecule has 6 rings (SSSR count). The van der Waals surface area contributed by atoms with E-state index in [-0.39, 0.29) is 17.8 Å². The maximum Gasteiger partial charge on any atom is 0.309 e. The number of methoxy groups -OCH3 is 2. The molecule has 1 aliphatic heterocycles. The Hall–Kier alpha value is -5.43. The van der Waals surface area contributed by atoms with E-state index in [4.69, 9.17) is 28.4 Å². The van der Waals surface area contributed by atoms with Gasteiger partial charge < -0.3 is 28.4 Å². The summed E-state index contributed by atoms with van der Waals surface area (Å²) in [5, 5.41) is 0. The lowest BCUT2D eigenvalue weighted by Crippen LogP contribution is -2.21. The molecule has 48 heavy (non-hydrogen) atoms. The molecule has 0 bridgehead atoms. The third kappa shape index (κ3) is 8.28. The first kappa shape index (κ1) is 32.5. The molecule has 7 nitrogen and oxygen atoms in total. The predicted molar refractivity (Wildman–Crippen MR) is 184 cm³/mol. The molecule has 2 unspecified atom stereocenters. The van der Waals surface area contributed by atoms with Crippen LogP contribution in [0.25, 0.3) is 0 Å². The second-order valence-electron chi connectivity index (χ2n) is 11.8. The fraction of sp³-hybridized carbons (Fsp3) is 0.244. The number of rotatable bonds is 15. The van der Waals surface area contributed by atoms with Crippen molar-refractivity contribution in [2.45, 2.75) is 32.7 Å². The normalized spacial score (nSPS) is 15.4. The second-order valence-corrected chi connectivity index (χ2v) is 11.8. The van der Waals surface area contributed by atoms with Gasteiger partial charge in [-0.3, -0.25) is 4.79 Å². The fourth-order valence-corrected chi connectivity index (χ4v) is 5.92. The number of carbonyl (C=O) groups excluding carboxylic acids is 1. The Morgan fingerprint density at radius 2 is 1.06 bits per heavy atom. The zero-order valence-corrected chi connectivity index (χ0v) is 27.3. The Bertz CT molecular complexity index is 1770. The van der Waals surface area contributed by atoms with E-state index in [1.807, 2.05) is 121 Å². The molecule has 0 radical (unpaired) electrons. The van der Waals surface area contributed by atoms with Gasteiger partial charge in [0.2, 0.25) is 5.75 Å². The monoisotopic (exact) mass is 644 g/mol. The molecule has 0 spiro atoms. The molecule has 5 aromatic carbocycles.